The van der Waals surface area contributed by atoms with Crippen LogP contribution in [0.4, 0.5) is 0 Å². The lowest BCUT2D eigenvalue weighted by Crippen LogP contribution is -2.18. The minimum atomic E-state index is 0.571. The highest BCUT2D eigenvalue weighted by atomic mass is 32.1. The second-order valence-corrected chi connectivity index (χ2v) is 5.36. The lowest BCUT2D eigenvalue weighted by molar-refractivity contribution is 0.199. The summed E-state index contributed by atoms with van der Waals surface area (Å²) in [6, 6.07) is 0. The fourth-order valence-corrected chi connectivity index (χ4v) is 2.19. The number of ether oxygens (including phenoxy) is 2. The first-order valence-corrected chi connectivity index (χ1v) is 7.22. The molecule has 0 radical (unpaired) electrons. The average molecular weight is 273 g/mol. The summed E-state index contributed by atoms with van der Waals surface area (Å²) in [6.45, 7) is 7.34. The molecule has 1 rings (SSSR count). The second kappa shape index (κ2) is 9.24. The quantitative estimate of drug-likeness (QED) is 0.662. The number of nitrogens with zero attached hydrogens (tertiary/aromatic N) is 2. The van der Waals surface area contributed by atoms with Crippen molar-refractivity contribution in [3.63, 3.8) is 0 Å². The number of hydrogen-bond acceptors (Lipinski definition) is 6. The molecule has 1 N–H and O–H groups in total. The zero-order valence-corrected chi connectivity index (χ0v) is 12.3. The first-order chi connectivity index (χ1) is 8.76. The van der Waals surface area contributed by atoms with Crippen LogP contribution in [0.5, 0.6) is 5.19 Å². The van der Waals surface area contributed by atoms with E-state index in [4.69, 9.17) is 9.47 Å². The van der Waals surface area contributed by atoms with Crippen LogP contribution in [0.3, 0.4) is 0 Å². The molecule has 0 saturated carbocycles. The van der Waals surface area contributed by atoms with Gasteiger partial charge in [0.1, 0.15) is 5.01 Å². The summed E-state index contributed by atoms with van der Waals surface area (Å²) < 4.78 is 10.6. The molecule has 0 spiro atoms. The molecule has 0 saturated heterocycles. The van der Waals surface area contributed by atoms with Crippen molar-refractivity contribution < 1.29 is 9.47 Å². The van der Waals surface area contributed by atoms with E-state index in [0.29, 0.717) is 17.7 Å². The van der Waals surface area contributed by atoms with E-state index < -0.39 is 0 Å². The van der Waals surface area contributed by atoms with Gasteiger partial charge in [0, 0.05) is 20.2 Å². The molecule has 18 heavy (non-hydrogen) atoms. The van der Waals surface area contributed by atoms with Crippen LogP contribution in [0.2, 0.25) is 0 Å². The van der Waals surface area contributed by atoms with Crippen molar-refractivity contribution in [2.45, 2.75) is 33.2 Å². The van der Waals surface area contributed by atoms with E-state index in [1.807, 2.05) is 0 Å². The van der Waals surface area contributed by atoms with Gasteiger partial charge in [0.05, 0.1) is 13.2 Å². The van der Waals surface area contributed by atoms with Crippen molar-refractivity contribution in [1.82, 2.24) is 15.5 Å². The van der Waals surface area contributed by atoms with Gasteiger partial charge >= 0.3 is 0 Å². The summed E-state index contributed by atoms with van der Waals surface area (Å²) in [5.41, 5.74) is 0. The Bertz CT molecular complexity index is 320. The molecule has 6 heteroatoms. The summed E-state index contributed by atoms with van der Waals surface area (Å²) in [6.07, 6.45) is 2.37. The Morgan fingerprint density at radius 1 is 1.39 bits per heavy atom. The van der Waals surface area contributed by atoms with Crippen LogP contribution in [0, 0.1) is 5.92 Å². The SMILES string of the molecule is CCCC(C)COc1nnc(CNCCOC)s1. The predicted octanol–water partition coefficient (Wildman–Crippen LogP) is 2.09. The van der Waals surface area contributed by atoms with Gasteiger partial charge in [-0.25, -0.2) is 0 Å². The molecule has 0 amide bonds. The maximum absolute atomic E-state index is 5.62. The molecular formula is C12H23N3O2S. The summed E-state index contributed by atoms with van der Waals surface area (Å²) in [7, 11) is 1.69. The highest BCUT2D eigenvalue weighted by Gasteiger charge is 2.07. The summed E-state index contributed by atoms with van der Waals surface area (Å²) in [5.74, 6) is 0.571. The van der Waals surface area contributed by atoms with Crippen LogP contribution in [0.25, 0.3) is 0 Å². The Balaban J connectivity index is 2.21. The molecule has 0 fully saturated rings. The van der Waals surface area contributed by atoms with Gasteiger partial charge in [-0.15, -0.1) is 10.2 Å². The van der Waals surface area contributed by atoms with E-state index in [9.17, 15) is 0 Å². The summed E-state index contributed by atoms with van der Waals surface area (Å²) in [4.78, 5) is 0. The van der Waals surface area contributed by atoms with Gasteiger partial charge in [-0.05, 0) is 12.3 Å². The molecule has 104 valence electrons. The van der Waals surface area contributed by atoms with Gasteiger partial charge in [-0.1, -0.05) is 31.6 Å². The maximum Gasteiger partial charge on any atom is 0.294 e. The Kier molecular flexibility index (Phi) is 7.88. The Morgan fingerprint density at radius 3 is 2.94 bits per heavy atom. The number of aromatic nitrogens is 2. The largest absolute Gasteiger partial charge is 0.469 e. The van der Waals surface area contributed by atoms with Crippen molar-refractivity contribution in [3.05, 3.63) is 5.01 Å². The van der Waals surface area contributed by atoms with Gasteiger partial charge in [0.25, 0.3) is 5.19 Å². The number of hydrogen-bond donors (Lipinski definition) is 1. The number of nitrogens with one attached hydrogen (secondary N) is 1. The van der Waals surface area contributed by atoms with Crippen molar-refractivity contribution in [3.8, 4) is 5.19 Å². The van der Waals surface area contributed by atoms with Crippen LogP contribution in [-0.2, 0) is 11.3 Å². The standard InChI is InChI=1S/C12H23N3O2S/c1-4-5-10(2)9-17-12-15-14-11(18-12)8-13-6-7-16-3/h10,13H,4-9H2,1-3H3. The van der Waals surface area contributed by atoms with E-state index in [1.165, 1.54) is 24.2 Å². The van der Waals surface area contributed by atoms with Gasteiger partial charge in [-0.2, -0.15) is 0 Å². The van der Waals surface area contributed by atoms with Crippen LogP contribution in [0.1, 0.15) is 31.7 Å². The first kappa shape index (κ1) is 15.3. The first-order valence-electron chi connectivity index (χ1n) is 6.41. The molecule has 0 aliphatic rings. The average Bonchev–Trinajstić information content (AvgIpc) is 2.81. The zero-order valence-electron chi connectivity index (χ0n) is 11.4. The molecule has 1 atom stereocenters. The summed E-state index contributed by atoms with van der Waals surface area (Å²) >= 11 is 1.50. The van der Waals surface area contributed by atoms with Crippen molar-refractivity contribution in [2.24, 2.45) is 5.92 Å². The minimum Gasteiger partial charge on any atom is -0.469 e. The third kappa shape index (κ3) is 6.28. The lowest BCUT2D eigenvalue weighted by Gasteiger charge is -2.08. The lowest BCUT2D eigenvalue weighted by atomic mass is 10.1. The highest BCUT2D eigenvalue weighted by Crippen LogP contribution is 2.18. The minimum absolute atomic E-state index is 0.571. The molecule has 1 unspecified atom stereocenters. The van der Waals surface area contributed by atoms with E-state index in [0.717, 1.165) is 24.7 Å². The molecule has 5 nitrogen and oxygen atoms in total. The van der Waals surface area contributed by atoms with Crippen LogP contribution < -0.4 is 10.1 Å². The normalized spacial score (nSPS) is 12.6. The zero-order chi connectivity index (χ0) is 13.2. The Labute approximate surface area is 113 Å². The molecule has 1 aromatic rings. The Hall–Kier alpha value is -0.720. The van der Waals surface area contributed by atoms with Crippen molar-refractivity contribution in [2.75, 3.05) is 26.9 Å². The number of methoxy groups -OCH3 is 1. The highest BCUT2D eigenvalue weighted by molar-refractivity contribution is 7.13. The third-order valence-corrected chi connectivity index (χ3v) is 3.32. The number of rotatable bonds is 10. The fraction of sp³-hybridized carbons (Fsp3) is 0.833. The van der Waals surface area contributed by atoms with Gasteiger partial charge in [-0.3, -0.25) is 0 Å². The summed E-state index contributed by atoms with van der Waals surface area (Å²) in [5, 5.41) is 12.9. The molecule has 0 aromatic carbocycles. The monoisotopic (exact) mass is 273 g/mol. The molecule has 0 aliphatic carbocycles. The maximum atomic E-state index is 5.62. The van der Waals surface area contributed by atoms with Crippen LogP contribution in [-0.4, -0.2) is 37.1 Å². The van der Waals surface area contributed by atoms with Gasteiger partial charge in [0.15, 0.2) is 0 Å². The molecular weight excluding hydrogens is 250 g/mol. The Morgan fingerprint density at radius 2 is 2.22 bits per heavy atom. The smallest absolute Gasteiger partial charge is 0.294 e. The van der Waals surface area contributed by atoms with E-state index in [-0.39, 0.29) is 0 Å². The van der Waals surface area contributed by atoms with Crippen molar-refractivity contribution >= 4 is 11.3 Å². The van der Waals surface area contributed by atoms with E-state index >= 15 is 0 Å². The fourth-order valence-electron chi connectivity index (χ4n) is 1.53. The van der Waals surface area contributed by atoms with E-state index in [1.54, 1.807) is 7.11 Å². The molecule has 0 aliphatic heterocycles. The topological polar surface area (TPSA) is 56.3 Å². The van der Waals surface area contributed by atoms with Gasteiger partial charge < -0.3 is 14.8 Å². The van der Waals surface area contributed by atoms with E-state index in [2.05, 4.69) is 29.4 Å². The molecule has 1 heterocycles. The third-order valence-electron chi connectivity index (χ3n) is 2.48. The molecule has 1 aromatic heterocycles. The predicted molar refractivity (Wildman–Crippen MR) is 73.1 cm³/mol. The molecule has 0 bridgehead atoms. The second-order valence-electron chi connectivity index (χ2n) is 4.34. The van der Waals surface area contributed by atoms with Crippen molar-refractivity contribution in [1.29, 1.82) is 0 Å². The van der Waals surface area contributed by atoms with Crippen LogP contribution in [0.15, 0.2) is 0 Å². The van der Waals surface area contributed by atoms with Crippen LogP contribution >= 0.6 is 11.3 Å². The van der Waals surface area contributed by atoms with Gasteiger partial charge in [0.2, 0.25) is 0 Å².